The van der Waals surface area contributed by atoms with Crippen molar-refractivity contribution in [1.29, 1.82) is 5.26 Å². The van der Waals surface area contributed by atoms with Crippen molar-refractivity contribution in [3.63, 3.8) is 0 Å². The minimum atomic E-state index is -4.61. The van der Waals surface area contributed by atoms with E-state index >= 15 is 0 Å². The third kappa shape index (κ3) is 4.31. The summed E-state index contributed by atoms with van der Waals surface area (Å²) in [5.74, 6) is -0.867. The molecule has 0 saturated carbocycles. The molecule has 2 aromatic carbocycles. The number of halogens is 4. The van der Waals surface area contributed by atoms with E-state index < -0.39 is 18.2 Å². The molecule has 0 aliphatic carbocycles. The average Bonchev–Trinajstić information content (AvgIpc) is 2.66. The first-order valence-electron chi connectivity index (χ1n) is 9.05. The van der Waals surface area contributed by atoms with Gasteiger partial charge in [0.1, 0.15) is 17.4 Å². The lowest BCUT2D eigenvalue weighted by Crippen LogP contribution is -2.48. The van der Waals surface area contributed by atoms with Crippen molar-refractivity contribution >= 4 is 17.5 Å². The van der Waals surface area contributed by atoms with E-state index in [1.165, 1.54) is 24.1 Å². The van der Waals surface area contributed by atoms with Gasteiger partial charge in [0.2, 0.25) is 0 Å². The fourth-order valence-electron chi connectivity index (χ4n) is 3.17. The molecule has 0 radical (unpaired) electrons. The van der Waals surface area contributed by atoms with Gasteiger partial charge in [-0.05, 0) is 36.8 Å². The molecule has 1 unspecified atom stereocenters. The lowest BCUT2D eigenvalue weighted by atomic mass is 9.90. The summed E-state index contributed by atoms with van der Waals surface area (Å²) >= 11 is 5.89. The van der Waals surface area contributed by atoms with Crippen molar-refractivity contribution in [2.24, 2.45) is 0 Å². The zero-order valence-corrected chi connectivity index (χ0v) is 16.9. The van der Waals surface area contributed by atoms with Gasteiger partial charge in [0.15, 0.2) is 11.9 Å². The van der Waals surface area contributed by atoms with Gasteiger partial charge in [0.25, 0.3) is 5.91 Å². The van der Waals surface area contributed by atoms with Gasteiger partial charge < -0.3 is 14.4 Å². The first kappa shape index (κ1) is 21.8. The van der Waals surface area contributed by atoms with Gasteiger partial charge in [-0.1, -0.05) is 23.7 Å². The molecule has 5 nitrogen and oxygen atoms in total. The fraction of sp³-hybridized carbons (Fsp3) is 0.333. The van der Waals surface area contributed by atoms with Gasteiger partial charge in [-0.3, -0.25) is 4.79 Å². The van der Waals surface area contributed by atoms with Crippen molar-refractivity contribution < 1.29 is 27.4 Å². The van der Waals surface area contributed by atoms with Crippen LogP contribution in [0.15, 0.2) is 36.4 Å². The summed E-state index contributed by atoms with van der Waals surface area (Å²) < 4.78 is 49.2. The quantitative estimate of drug-likeness (QED) is 0.673. The van der Waals surface area contributed by atoms with Crippen molar-refractivity contribution in [3.8, 4) is 17.6 Å². The average molecular weight is 439 g/mol. The number of benzene rings is 2. The van der Waals surface area contributed by atoms with E-state index in [-0.39, 0.29) is 28.5 Å². The summed E-state index contributed by atoms with van der Waals surface area (Å²) in [6, 6.07) is 11.6. The van der Waals surface area contributed by atoms with E-state index in [9.17, 15) is 23.2 Å². The molecule has 30 heavy (non-hydrogen) atoms. The van der Waals surface area contributed by atoms with Crippen LogP contribution in [0.3, 0.4) is 0 Å². The first-order valence-corrected chi connectivity index (χ1v) is 9.42. The largest absolute Gasteiger partial charge is 0.494 e. The van der Waals surface area contributed by atoms with Crippen LogP contribution >= 0.6 is 11.6 Å². The number of alkyl halides is 3. The van der Waals surface area contributed by atoms with E-state index in [0.717, 1.165) is 12.5 Å². The molecule has 0 aromatic heterocycles. The number of methoxy groups -OCH3 is 1. The molecule has 1 aliphatic heterocycles. The minimum Gasteiger partial charge on any atom is -0.494 e. The SMILES string of the molecule is COc1c(C#N)ccc(OC(C)C(F)(F)F)c1C(=O)N1CC(c2ccc(Cl)cc2)C1. The Morgan fingerprint density at radius 2 is 1.87 bits per heavy atom. The number of nitriles is 1. The van der Waals surface area contributed by atoms with Crippen LogP contribution in [-0.2, 0) is 0 Å². The highest BCUT2D eigenvalue weighted by Crippen LogP contribution is 2.38. The molecule has 0 spiro atoms. The molecule has 1 heterocycles. The minimum absolute atomic E-state index is 0.0302. The zero-order chi connectivity index (χ0) is 22.1. The Bertz CT molecular complexity index is 981. The van der Waals surface area contributed by atoms with Crippen LogP contribution in [0, 0.1) is 11.3 Å². The monoisotopic (exact) mass is 438 g/mol. The molecule has 9 heteroatoms. The van der Waals surface area contributed by atoms with Gasteiger partial charge >= 0.3 is 6.18 Å². The third-order valence-electron chi connectivity index (χ3n) is 4.93. The maximum Gasteiger partial charge on any atom is 0.425 e. The highest BCUT2D eigenvalue weighted by molar-refractivity contribution is 6.30. The number of ether oxygens (including phenoxy) is 2. The second-order valence-corrected chi connectivity index (χ2v) is 7.33. The molecule has 1 atom stereocenters. The highest BCUT2D eigenvalue weighted by atomic mass is 35.5. The van der Waals surface area contributed by atoms with E-state index in [0.29, 0.717) is 18.1 Å². The summed E-state index contributed by atoms with van der Waals surface area (Å²) in [5, 5.41) is 9.90. The van der Waals surface area contributed by atoms with Gasteiger partial charge in [-0.25, -0.2) is 0 Å². The number of carbonyl (C=O) groups is 1. The van der Waals surface area contributed by atoms with E-state index in [1.54, 1.807) is 12.1 Å². The predicted octanol–water partition coefficient (Wildman–Crippen LogP) is 4.79. The van der Waals surface area contributed by atoms with Crippen molar-refractivity contribution in [2.45, 2.75) is 25.1 Å². The van der Waals surface area contributed by atoms with Crippen LogP contribution < -0.4 is 9.47 Å². The number of amides is 1. The third-order valence-corrected chi connectivity index (χ3v) is 5.18. The van der Waals surface area contributed by atoms with Crippen LogP contribution in [0.25, 0.3) is 0 Å². The second-order valence-electron chi connectivity index (χ2n) is 6.89. The van der Waals surface area contributed by atoms with Crippen molar-refractivity contribution in [1.82, 2.24) is 4.90 Å². The molecule has 0 N–H and O–H groups in total. The number of carbonyl (C=O) groups excluding carboxylic acids is 1. The predicted molar refractivity (Wildman–Crippen MR) is 104 cm³/mol. The zero-order valence-electron chi connectivity index (χ0n) is 16.2. The van der Waals surface area contributed by atoms with Gasteiger partial charge in [0.05, 0.1) is 12.7 Å². The Morgan fingerprint density at radius 1 is 1.23 bits per heavy atom. The molecule has 158 valence electrons. The smallest absolute Gasteiger partial charge is 0.425 e. The Balaban J connectivity index is 1.88. The maximum atomic E-state index is 13.1. The van der Waals surface area contributed by atoms with Crippen LogP contribution in [0.2, 0.25) is 5.02 Å². The van der Waals surface area contributed by atoms with E-state index in [2.05, 4.69) is 0 Å². The highest BCUT2D eigenvalue weighted by Gasteiger charge is 2.40. The molecule has 1 aliphatic rings. The number of hydrogen-bond acceptors (Lipinski definition) is 4. The Labute approximate surface area is 176 Å². The van der Waals surface area contributed by atoms with Crippen LogP contribution in [0.4, 0.5) is 13.2 Å². The maximum absolute atomic E-state index is 13.1. The molecular weight excluding hydrogens is 421 g/mol. The lowest BCUT2D eigenvalue weighted by Gasteiger charge is -2.40. The van der Waals surface area contributed by atoms with E-state index in [4.69, 9.17) is 21.1 Å². The normalized spacial score (nSPS) is 15.2. The molecule has 1 saturated heterocycles. The second kappa shape index (κ2) is 8.44. The fourth-order valence-corrected chi connectivity index (χ4v) is 3.30. The van der Waals surface area contributed by atoms with Gasteiger partial charge in [-0.2, -0.15) is 18.4 Å². The van der Waals surface area contributed by atoms with Crippen LogP contribution in [-0.4, -0.2) is 43.3 Å². The first-order chi connectivity index (χ1) is 14.2. The summed E-state index contributed by atoms with van der Waals surface area (Å²) in [7, 11) is 1.25. The van der Waals surface area contributed by atoms with Crippen molar-refractivity contribution in [2.75, 3.05) is 20.2 Å². The molecule has 1 amide bonds. The standard InChI is InChI=1S/C21H18ClF3N2O3/c1-12(21(23,24)25)30-17-8-5-14(9-26)19(29-2)18(17)20(28)27-10-15(11-27)13-3-6-16(22)7-4-13/h3-8,12,15H,10-11H2,1-2H3. The summed E-state index contributed by atoms with van der Waals surface area (Å²) in [5.41, 5.74) is 0.841. The Morgan fingerprint density at radius 3 is 2.40 bits per heavy atom. The van der Waals surface area contributed by atoms with Crippen LogP contribution in [0.1, 0.15) is 34.3 Å². The molecule has 0 bridgehead atoms. The number of likely N-dealkylation sites (tertiary alicyclic amines) is 1. The topological polar surface area (TPSA) is 62.6 Å². The Kier molecular flexibility index (Phi) is 6.13. The summed E-state index contributed by atoms with van der Waals surface area (Å²) in [6.07, 6.45) is -6.75. The van der Waals surface area contributed by atoms with Gasteiger partial charge in [0, 0.05) is 24.0 Å². The van der Waals surface area contributed by atoms with Crippen molar-refractivity contribution in [3.05, 3.63) is 58.1 Å². The number of rotatable bonds is 5. The number of hydrogen-bond donors (Lipinski definition) is 0. The van der Waals surface area contributed by atoms with Crippen LogP contribution in [0.5, 0.6) is 11.5 Å². The molecule has 1 fully saturated rings. The molecule has 2 aromatic rings. The summed E-state index contributed by atoms with van der Waals surface area (Å²) in [4.78, 5) is 14.6. The van der Waals surface area contributed by atoms with Gasteiger partial charge in [-0.15, -0.1) is 0 Å². The lowest BCUT2D eigenvalue weighted by molar-refractivity contribution is -0.189. The summed E-state index contributed by atoms with van der Waals surface area (Å²) in [6.45, 7) is 1.59. The molecular formula is C21H18ClF3N2O3. The molecule has 3 rings (SSSR count). The number of nitrogens with zero attached hydrogens (tertiary/aromatic N) is 2. The van der Waals surface area contributed by atoms with E-state index in [1.807, 2.05) is 18.2 Å². The Hall–Kier alpha value is -2.92.